The average molecular weight is 411 g/mol. The van der Waals surface area contributed by atoms with Gasteiger partial charge in [-0.15, -0.1) is 0 Å². The van der Waals surface area contributed by atoms with Gasteiger partial charge in [0.2, 0.25) is 5.69 Å². The van der Waals surface area contributed by atoms with Gasteiger partial charge < -0.3 is 10.6 Å². The van der Waals surface area contributed by atoms with Gasteiger partial charge in [0, 0.05) is 30.4 Å². The second kappa shape index (κ2) is 7.22. The minimum absolute atomic E-state index is 0.0464. The van der Waals surface area contributed by atoms with Gasteiger partial charge in [0.1, 0.15) is 11.6 Å². The second-order valence-electron chi connectivity index (χ2n) is 6.80. The van der Waals surface area contributed by atoms with Gasteiger partial charge in [0.15, 0.2) is 9.84 Å². The Kier molecular flexibility index (Phi) is 4.72. The standard InChI is InChI=1S/C20H18FN5O2S/c1-23-18-6-5-14(11-17(18)21)19-13-20(22)24-26(19)16-4-2-3-15(12-16)25-7-9-29(27,28)10-8-25/h2-6,11-13H,7-10H2,(H2,22,24). The highest BCUT2D eigenvalue weighted by molar-refractivity contribution is 7.91. The van der Waals surface area contributed by atoms with E-state index in [-0.39, 0.29) is 23.0 Å². The number of anilines is 2. The zero-order chi connectivity index (χ0) is 20.6. The van der Waals surface area contributed by atoms with Gasteiger partial charge in [0.25, 0.3) is 0 Å². The fraction of sp³-hybridized carbons (Fsp3) is 0.200. The molecule has 2 heterocycles. The van der Waals surface area contributed by atoms with Crippen molar-refractivity contribution >= 4 is 27.0 Å². The molecular weight excluding hydrogens is 393 g/mol. The van der Waals surface area contributed by atoms with Gasteiger partial charge in [0.05, 0.1) is 29.5 Å². The first-order chi connectivity index (χ1) is 13.9. The number of hydrogen-bond donors (Lipinski definition) is 1. The van der Waals surface area contributed by atoms with Gasteiger partial charge >= 0.3 is 0 Å². The van der Waals surface area contributed by atoms with E-state index >= 15 is 0 Å². The van der Waals surface area contributed by atoms with Gasteiger partial charge in [-0.05, 0) is 24.3 Å². The van der Waals surface area contributed by atoms with Crippen LogP contribution in [0.1, 0.15) is 0 Å². The monoisotopic (exact) mass is 411 g/mol. The summed E-state index contributed by atoms with van der Waals surface area (Å²) >= 11 is 0. The molecule has 0 amide bonds. The lowest BCUT2D eigenvalue weighted by Crippen LogP contribution is -2.40. The third kappa shape index (κ3) is 3.79. The van der Waals surface area contributed by atoms with Gasteiger partial charge in [-0.25, -0.2) is 22.3 Å². The van der Waals surface area contributed by atoms with Crippen molar-refractivity contribution in [2.24, 2.45) is 0 Å². The van der Waals surface area contributed by atoms with Crippen LogP contribution in [0.3, 0.4) is 0 Å². The molecule has 1 saturated heterocycles. The van der Waals surface area contributed by atoms with Crippen LogP contribution in [0.4, 0.5) is 21.6 Å². The van der Waals surface area contributed by atoms with Crippen molar-refractivity contribution in [2.75, 3.05) is 35.2 Å². The number of sulfone groups is 1. The lowest BCUT2D eigenvalue weighted by atomic mass is 10.1. The highest BCUT2D eigenvalue weighted by Crippen LogP contribution is 2.30. The maximum Gasteiger partial charge on any atom is 0.222 e. The summed E-state index contributed by atoms with van der Waals surface area (Å²) in [6.07, 6.45) is 0. The van der Waals surface area contributed by atoms with Crippen LogP contribution in [0, 0.1) is 12.4 Å². The van der Waals surface area contributed by atoms with Crippen LogP contribution in [-0.2, 0) is 9.84 Å². The van der Waals surface area contributed by atoms with E-state index in [2.05, 4.69) is 9.94 Å². The summed E-state index contributed by atoms with van der Waals surface area (Å²) in [5.74, 6) is -0.0652. The van der Waals surface area contributed by atoms with E-state index in [1.807, 2.05) is 29.2 Å². The summed E-state index contributed by atoms with van der Waals surface area (Å²) in [6.45, 7) is 7.86. The SMILES string of the molecule is [C-]#[N+]c1ccc(-c2cc(N)nn2-c2cccc(N3CCS(=O)(=O)CC3)c2)cc1F. The molecule has 7 nitrogen and oxygen atoms in total. The van der Waals surface area contributed by atoms with Crippen LogP contribution in [-0.4, -0.2) is 42.8 Å². The fourth-order valence-electron chi connectivity index (χ4n) is 3.35. The molecule has 1 aromatic heterocycles. The van der Waals surface area contributed by atoms with Crippen LogP contribution in [0.15, 0.2) is 48.5 Å². The summed E-state index contributed by atoms with van der Waals surface area (Å²) in [4.78, 5) is 5.16. The zero-order valence-electron chi connectivity index (χ0n) is 15.4. The maximum atomic E-state index is 14.1. The molecule has 2 N–H and O–H groups in total. The second-order valence-corrected chi connectivity index (χ2v) is 9.11. The van der Waals surface area contributed by atoms with Gasteiger partial charge in [-0.1, -0.05) is 18.2 Å². The Hall–Kier alpha value is -3.38. The number of rotatable bonds is 3. The fourth-order valence-corrected chi connectivity index (χ4v) is 4.55. The van der Waals surface area contributed by atoms with Crippen molar-refractivity contribution in [2.45, 2.75) is 0 Å². The van der Waals surface area contributed by atoms with Crippen LogP contribution < -0.4 is 10.6 Å². The zero-order valence-corrected chi connectivity index (χ0v) is 16.2. The number of halogens is 1. The molecule has 3 aromatic rings. The predicted molar refractivity (Wildman–Crippen MR) is 110 cm³/mol. The molecule has 0 spiro atoms. The first-order valence-corrected chi connectivity index (χ1v) is 10.8. The molecular formula is C20H18FN5O2S. The molecule has 1 fully saturated rings. The molecule has 2 aromatic carbocycles. The molecule has 0 bridgehead atoms. The number of nitrogens with zero attached hydrogens (tertiary/aromatic N) is 4. The minimum atomic E-state index is -2.97. The van der Waals surface area contributed by atoms with Crippen molar-refractivity contribution in [3.8, 4) is 16.9 Å². The Morgan fingerprint density at radius 1 is 1.07 bits per heavy atom. The Labute approximate surface area is 167 Å². The van der Waals surface area contributed by atoms with E-state index in [0.29, 0.717) is 24.3 Å². The van der Waals surface area contributed by atoms with E-state index in [1.54, 1.807) is 16.8 Å². The number of nitrogen functional groups attached to an aromatic ring is 1. The Bertz CT molecular complexity index is 1220. The number of benzene rings is 2. The summed E-state index contributed by atoms with van der Waals surface area (Å²) < 4.78 is 39.1. The molecule has 1 aliphatic rings. The Morgan fingerprint density at radius 2 is 1.79 bits per heavy atom. The lowest BCUT2D eigenvalue weighted by Gasteiger charge is -2.29. The van der Waals surface area contributed by atoms with Crippen LogP contribution in [0.5, 0.6) is 0 Å². The van der Waals surface area contributed by atoms with Crippen molar-refractivity contribution in [3.63, 3.8) is 0 Å². The largest absolute Gasteiger partial charge is 0.382 e. The topological polar surface area (TPSA) is 85.6 Å². The smallest absolute Gasteiger partial charge is 0.222 e. The molecule has 9 heteroatoms. The molecule has 29 heavy (non-hydrogen) atoms. The van der Waals surface area contributed by atoms with Crippen molar-refractivity contribution in [1.82, 2.24) is 9.78 Å². The third-order valence-electron chi connectivity index (χ3n) is 4.88. The Balaban J connectivity index is 1.72. The normalized spacial score (nSPS) is 15.8. The molecule has 0 aliphatic carbocycles. The number of hydrogen-bond acceptors (Lipinski definition) is 5. The van der Waals surface area contributed by atoms with Gasteiger partial charge in [-0.2, -0.15) is 5.10 Å². The summed E-state index contributed by atoms with van der Waals surface area (Å²) in [6, 6.07) is 13.5. The van der Waals surface area contributed by atoms with Crippen molar-refractivity contribution in [1.29, 1.82) is 0 Å². The predicted octanol–water partition coefficient (Wildman–Crippen LogP) is 3.05. The maximum absolute atomic E-state index is 14.1. The third-order valence-corrected chi connectivity index (χ3v) is 6.49. The number of nitrogens with two attached hydrogens (primary N) is 1. The van der Waals surface area contributed by atoms with E-state index in [0.717, 1.165) is 11.4 Å². The van der Waals surface area contributed by atoms with Gasteiger partial charge in [-0.3, -0.25) is 0 Å². The molecule has 148 valence electrons. The first-order valence-electron chi connectivity index (χ1n) is 8.95. The Morgan fingerprint density at radius 3 is 2.48 bits per heavy atom. The first kappa shape index (κ1) is 19.0. The van der Waals surface area contributed by atoms with Crippen LogP contribution in [0.2, 0.25) is 0 Å². The molecule has 0 unspecified atom stereocenters. The molecule has 1 aliphatic heterocycles. The van der Waals surface area contributed by atoms with E-state index in [1.165, 1.54) is 12.1 Å². The number of aromatic nitrogens is 2. The highest BCUT2D eigenvalue weighted by Gasteiger charge is 2.22. The quantitative estimate of drug-likeness (QED) is 0.670. The molecule has 4 rings (SSSR count). The van der Waals surface area contributed by atoms with E-state index in [4.69, 9.17) is 12.3 Å². The summed E-state index contributed by atoms with van der Waals surface area (Å²) in [5.41, 5.74) is 8.61. The summed E-state index contributed by atoms with van der Waals surface area (Å²) in [5, 5.41) is 4.34. The van der Waals surface area contributed by atoms with Crippen molar-refractivity contribution in [3.05, 3.63) is 65.8 Å². The average Bonchev–Trinajstić information content (AvgIpc) is 3.10. The lowest BCUT2D eigenvalue weighted by molar-refractivity contribution is 0.587. The van der Waals surface area contributed by atoms with E-state index in [9.17, 15) is 12.8 Å². The highest BCUT2D eigenvalue weighted by atomic mass is 32.2. The molecule has 0 saturated carbocycles. The minimum Gasteiger partial charge on any atom is -0.382 e. The van der Waals surface area contributed by atoms with Crippen LogP contribution in [0.25, 0.3) is 21.8 Å². The summed E-state index contributed by atoms with van der Waals surface area (Å²) in [7, 11) is -2.97. The molecule has 0 radical (unpaired) electrons. The van der Waals surface area contributed by atoms with E-state index < -0.39 is 15.7 Å². The molecule has 0 atom stereocenters. The van der Waals surface area contributed by atoms with Crippen molar-refractivity contribution < 1.29 is 12.8 Å². The van der Waals surface area contributed by atoms with Crippen LogP contribution >= 0.6 is 0 Å².